The van der Waals surface area contributed by atoms with E-state index in [0.717, 1.165) is 5.56 Å². The largest absolute Gasteiger partial charge is 0.340 e. The number of halogens is 1. The van der Waals surface area contributed by atoms with E-state index in [1.165, 1.54) is 6.20 Å². The van der Waals surface area contributed by atoms with E-state index in [2.05, 4.69) is 25.7 Å². The van der Waals surface area contributed by atoms with Gasteiger partial charge in [0.2, 0.25) is 5.89 Å². The Kier molecular flexibility index (Phi) is 3.88. The second-order valence-corrected chi connectivity index (χ2v) is 5.04. The van der Waals surface area contributed by atoms with E-state index in [1.54, 1.807) is 37.3 Å². The van der Waals surface area contributed by atoms with E-state index < -0.39 is 6.04 Å². The van der Waals surface area contributed by atoms with Crippen molar-refractivity contribution in [2.45, 2.75) is 13.0 Å². The van der Waals surface area contributed by atoms with E-state index in [9.17, 15) is 4.79 Å². The van der Waals surface area contributed by atoms with Gasteiger partial charge in [-0.25, -0.2) is 0 Å². The summed E-state index contributed by atoms with van der Waals surface area (Å²) in [5.41, 5.74) is 1.14. The third kappa shape index (κ3) is 2.99. The summed E-state index contributed by atoms with van der Waals surface area (Å²) in [6.45, 7) is 1.69. The topological polar surface area (TPSA) is 96.7 Å². The van der Waals surface area contributed by atoms with Gasteiger partial charge in [0.1, 0.15) is 11.7 Å². The van der Waals surface area contributed by atoms with Crippen LogP contribution in [0.1, 0.15) is 33.8 Å². The Morgan fingerprint density at radius 3 is 2.68 bits per heavy atom. The minimum atomic E-state index is -0.550. The predicted octanol–water partition coefficient (Wildman–Crippen LogP) is 2.27. The number of nitrogens with one attached hydrogen (secondary N) is 2. The molecule has 2 heterocycles. The molecule has 0 unspecified atom stereocenters. The first kappa shape index (κ1) is 14.3. The predicted molar refractivity (Wildman–Crippen MR) is 78.4 cm³/mol. The standard InChI is InChI=1S/C14H12ClN5O2/c1-8-17-13(20-22-8)12(9-2-4-10(15)5-3-9)18-14(21)11-6-7-16-19-11/h2-7,12H,1H3,(H,16,19)(H,18,21)/t12-/m0/s1. The first-order chi connectivity index (χ1) is 10.6. The van der Waals surface area contributed by atoms with Gasteiger partial charge in [0.15, 0.2) is 5.82 Å². The number of benzene rings is 1. The van der Waals surface area contributed by atoms with E-state index in [-0.39, 0.29) is 5.91 Å². The molecule has 2 aromatic heterocycles. The van der Waals surface area contributed by atoms with Crippen LogP contribution in [0.15, 0.2) is 41.1 Å². The summed E-state index contributed by atoms with van der Waals surface area (Å²) < 4.78 is 5.00. The van der Waals surface area contributed by atoms with Gasteiger partial charge in [-0.1, -0.05) is 28.9 Å². The van der Waals surface area contributed by atoms with Gasteiger partial charge in [0, 0.05) is 18.1 Å². The number of amides is 1. The van der Waals surface area contributed by atoms with Crippen LogP contribution in [0.5, 0.6) is 0 Å². The second-order valence-electron chi connectivity index (χ2n) is 4.60. The maximum absolute atomic E-state index is 12.2. The Bertz CT molecular complexity index is 767. The molecule has 0 radical (unpaired) electrons. The Morgan fingerprint density at radius 2 is 2.09 bits per heavy atom. The smallest absolute Gasteiger partial charge is 0.270 e. The highest BCUT2D eigenvalue weighted by Gasteiger charge is 2.23. The van der Waals surface area contributed by atoms with Crippen LogP contribution in [0.2, 0.25) is 5.02 Å². The molecular weight excluding hydrogens is 306 g/mol. The fraction of sp³-hybridized carbons (Fsp3) is 0.143. The zero-order valence-electron chi connectivity index (χ0n) is 11.6. The fourth-order valence-electron chi connectivity index (χ4n) is 1.98. The van der Waals surface area contributed by atoms with Crippen molar-refractivity contribution in [1.29, 1.82) is 0 Å². The monoisotopic (exact) mass is 317 g/mol. The van der Waals surface area contributed by atoms with Crippen LogP contribution in [0, 0.1) is 6.92 Å². The molecule has 0 saturated carbocycles. The number of hydrogen-bond acceptors (Lipinski definition) is 5. The van der Waals surface area contributed by atoms with Crippen molar-refractivity contribution >= 4 is 17.5 Å². The number of nitrogens with zero attached hydrogens (tertiary/aromatic N) is 3. The molecule has 1 amide bonds. The summed E-state index contributed by atoms with van der Waals surface area (Å²) in [4.78, 5) is 16.4. The van der Waals surface area contributed by atoms with Gasteiger partial charge in [-0.2, -0.15) is 10.1 Å². The van der Waals surface area contributed by atoms with Crippen molar-refractivity contribution in [3.63, 3.8) is 0 Å². The van der Waals surface area contributed by atoms with E-state index in [1.807, 2.05) is 0 Å². The highest BCUT2D eigenvalue weighted by molar-refractivity contribution is 6.30. The van der Waals surface area contributed by atoms with Gasteiger partial charge < -0.3 is 9.84 Å². The summed E-state index contributed by atoms with van der Waals surface area (Å²) in [6, 6.07) is 8.09. The molecule has 0 saturated heterocycles. The maximum atomic E-state index is 12.2. The first-order valence-corrected chi connectivity index (χ1v) is 6.87. The van der Waals surface area contributed by atoms with Gasteiger partial charge >= 0.3 is 0 Å². The summed E-state index contributed by atoms with van der Waals surface area (Å²) >= 11 is 5.90. The van der Waals surface area contributed by atoms with Crippen molar-refractivity contribution in [2.24, 2.45) is 0 Å². The zero-order chi connectivity index (χ0) is 15.5. The number of aryl methyl sites for hydroxylation is 1. The van der Waals surface area contributed by atoms with Crippen molar-refractivity contribution in [1.82, 2.24) is 25.7 Å². The van der Waals surface area contributed by atoms with Crippen molar-refractivity contribution in [3.8, 4) is 0 Å². The number of hydrogen-bond donors (Lipinski definition) is 2. The van der Waals surface area contributed by atoms with Gasteiger partial charge in [-0.3, -0.25) is 9.89 Å². The van der Waals surface area contributed by atoms with Gasteiger partial charge in [-0.15, -0.1) is 0 Å². The van der Waals surface area contributed by atoms with Gasteiger partial charge in [0.05, 0.1) is 0 Å². The normalized spacial score (nSPS) is 12.1. The minimum absolute atomic E-state index is 0.320. The molecular formula is C14H12ClN5O2. The summed E-state index contributed by atoms with van der Waals surface area (Å²) in [5, 5.41) is 13.7. The van der Waals surface area contributed by atoms with Crippen LogP contribution >= 0.6 is 11.6 Å². The number of rotatable bonds is 4. The fourth-order valence-corrected chi connectivity index (χ4v) is 2.10. The molecule has 112 valence electrons. The van der Waals surface area contributed by atoms with E-state index in [4.69, 9.17) is 16.1 Å². The van der Waals surface area contributed by atoms with Crippen molar-refractivity contribution < 1.29 is 9.32 Å². The van der Waals surface area contributed by atoms with Crippen LogP contribution in [0.3, 0.4) is 0 Å². The second kappa shape index (κ2) is 5.98. The molecule has 1 aromatic carbocycles. The van der Waals surface area contributed by atoms with Crippen LogP contribution in [-0.4, -0.2) is 26.2 Å². The average molecular weight is 318 g/mol. The lowest BCUT2D eigenvalue weighted by Crippen LogP contribution is -2.30. The Labute approximate surface area is 130 Å². The molecule has 0 aliphatic heterocycles. The van der Waals surface area contributed by atoms with E-state index >= 15 is 0 Å². The van der Waals surface area contributed by atoms with Gasteiger partial charge in [0.25, 0.3) is 5.91 Å². The maximum Gasteiger partial charge on any atom is 0.270 e. The number of carbonyl (C=O) groups is 1. The molecule has 0 fully saturated rings. The highest BCUT2D eigenvalue weighted by Crippen LogP contribution is 2.22. The molecule has 1 atom stereocenters. The lowest BCUT2D eigenvalue weighted by atomic mass is 10.1. The number of aromatic amines is 1. The van der Waals surface area contributed by atoms with Crippen LogP contribution < -0.4 is 5.32 Å². The molecule has 0 aliphatic rings. The quantitative estimate of drug-likeness (QED) is 0.769. The first-order valence-electron chi connectivity index (χ1n) is 6.49. The summed E-state index contributed by atoms with van der Waals surface area (Å²) in [6.07, 6.45) is 1.50. The third-order valence-electron chi connectivity index (χ3n) is 3.03. The average Bonchev–Trinajstić information content (AvgIpc) is 3.17. The Balaban J connectivity index is 1.92. The molecule has 0 aliphatic carbocycles. The number of aromatic nitrogens is 4. The lowest BCUT2D eigenvalue weighted by molar-refractivity contribution is 0.0936. The summed E-state index contributed by atoms with van der Waals surface area (Å²) in [7, 11) is 0. The van der Waals surface area contributed by atoms with Gasteiger partial charge in [-0.05, 0) is 23.8 Å². The van der Waals surface area contributed by atoms with Crippen LogP contribution in [0.4, 0.5) is 0 Å². The zero-order valence-corrected chi connectivity index (χ0v) is 12.3. The molecule has 2 N–H and O–H groups in total. The number of H-pyrrole nitrogens is 1. The molecule has 3 rings (SSSR count). The highest BCUT2D eigenvalue weighted by atomic mass is 35.5. The molecule has 8 heteroatoms. The number of carbonyl (C=O) groups excluding carboxylic acids is 1. The minimum Gasteiger partial charge on any atom is -0.340 e. The summed E-state index contributed by atoms with van der Waals surface area (Å²) in [5.74, 6) is 0.470. The Morgan fingerprint density at radius 1 is 1.32 bits per heavy atom. The molecule has 7 nitrogen and oxygen atoms in total. The van der Waals surface area contributed by atoms with Crippen molar-refractivity contribution in [3.05, 3.63) is 64.5 Å². The molecule has 0 bridgehead atoms. The lowest BCUT2D eigenvalue weighted by Gasteiger charge is -2.15. The van der Waals surface area contributed by atoms with Crippen LogP contribution in [-0.2, 0) is 0 Å². The van der Waals surface area contributed by atoms with Crippen LogP contribution in [0.25, 0.3) is 0 Å². The van der Waals surface area contributed by atoms with Crippen molar-refractivity contribution in [2.75, 3.05) is 0 Å². The molecule has 0 spiro atoms. The third-order valence-corrected chi connectivity index (χ3v) is 3.28. The Hall–Kier alpha value is -2.67. The van der Waals surface area contributed by atoms with E-state index in [0.29, 0.717) is 22.4 Å². The SMILES string of the molecule is Cc1nc([C@@H](NC(=O)c2ccn[nH]2)c2ccc(Cl)cc2)no1. The molecule has 3 aromatic rings. The molecule has 22 heavy (non-hydrogen) atoms.